The van der Waals surface area contributed by atoms with E-state index < -0.39 is 121 Å². The fraction of sp³-hybridized carbons (Fsp3) is 0.432. The number of nitrogens with one attached hydrogen (secondary N) is 6. The molecule has 0 aliphatic heterocycles. The van der Waals surface area contributed by atoms with E-state index in [9.17, 15) is 69.9 Å². The number of halogens is 2. The number of methoxy groups -OCH3 is 3. The molecule has 5 atom stereocenters. The number of rotatable bonds is 30. The number of hydrogen-bond donors (Lipinski definition) is 11. The first-order valence-electron chi connectivity index (χ1n) is 37.3. The SMILES string of the molecule is CC(=O)OCC1c2ccccc2-c2ccccc21.COC(=O)[C@H](CCN=[N+]=[N-])NC(=O)OC(C)(C)C.COC(=O)[C@H](CCNS(=O)(=O)c1ccc(Br)cc1)NC(=O)OC(C)(C)C.COC(=O)[C@H](CCO)NC(=O)OC(C)(C)C.N[C@@H](CCO)C(=O)O.O=C(N[C@@H](CCNS(=O)(=O)c1ccc(Br)cc1)C(=O)O)OCC1c2ccccc2-c2ccccc21. The fourth-order valence-electron chi connectivity index (χ4n) is 10.9. The molecule has 0 radical (unpaired) electrons. The Morgan fingerprint density at radius 3 is 1.05 bits per heavy atom. The number of aliphatic carboxylic acids is 2. The lowest BCUT2D eigenvalue weighted by Gasteiger charge is -2.22. The van der Waals surface area contributed by atoms with E-state index in [0.717, 1.165) is 31.2 Å². The number of nitrogens with two attached hydrogens (primary N) is 1. The first-order chi connectivity index (χ1) is 56.7. The Hall–Kier alpha value is -10.8. The first kappa shape index (κ1) is 104. The van der Waals surface area contributed by atoms with Crippen LogP contribution in [0, 0.1) is 0 Å². The number of carbonyl (C=O) groups excluding carboxylic acids is 8. The summed E-state index contributed by atoms with van der Waals surface area (Å²) in [5, 5.41) is 47.1. The van der Waals surface area contributed by atoms with Gasteiger partial charge in [0.2, 0.25) is 20.0 Å². The zero-order valence-corrected chi connectivity index (χ0v) is 73.9. The Morgan fingerprint density at radius 1 is 0.455 bits per heavy atom. The van der Waals surface area contributed by atoms with Gasteiger partial charge < -0.3 is 85.3 Å². The van der Waals surface area contributed by atoms with Crippen LogP contribution in [0.5, 0.6) is 0 Å². The molecule has 0 spiro atoms. The molecule has 12 N–H and O–H groups in total. The highest BCUT2D eigenvalue weighted by molar-refractivity contribution is 9.10. The van der Waals surface area contributed by atoms with Crippen molar-refractivity contribution in [3.05, 3.63) is 187 Å². The van der Waals surface area contributed by atoms with E-state index in [-0.39, 0.29) is 99.2 Å². The van der Waals surface area contributed by atoms with Crippen LogP contribution in [0.25, 0.3) is 32.7 Å². The van der Waals surface area contributed by atoms with Crippen LogP contribution in [-0.4, -0.2) is 212 Å². The number of hydrogen-bond acceptors (Lipinski definition) is 26. The van der Waals surface area contributed by atoms with Crippen molar-refractivity contribution >= 4 is 112 Å². The minimum atomic E-state index is -3.81. The van der Waals surface area contributed by atoms with Gasteiger partial charge in [-0.25, -0.2) is 64.6 Å². The Labute approximate surface area is 719 Å². The maximum absolute atomic E-state index is 12.4. The second kappa shape index (κ2) is 51.1. The molecular weight excluding hydrogens is 1750 g/mol. The topological polar surface area (TPSA) is 541 Å². The quantitative estimate of drug-likeness (QED) is 0.00656. The van der Waals surface area contributed by atoms with Crippen molar-refractivity contribution in [3.63, 3.8) is 0 Å². The van der Waals surface area contributed by atoms with Crippen LogP contribution in [0.2, 0.25) is 0 Å². The average molecular weight is 1860 g/mol. The summed E-state index contributed by atoms with van der Waals surface area (Å²) in [5.41, 5.74) is 20.3. The lowest BCUT2D eigenvalue weighted by atomic mass is 9.98. The van der Waals surface area contributed by atoms with Gasteiger partial charge in [-0.3, -0.25) is 9.59 Å². The van der Waals surface area contributed by atoms with Gasteiger partial charge in [0, 0.05) is 71.9 Å². The van der Waals surface area contributed by atoms with Gasteiger partial charge in [0.05, 0.1) is 31.1 Å². The number of sulfonamides is 2. The molecule has 40 heteroatoms. The van der Waals surface area contributed by atoms with Crippen LogP contribution >= 0.6 is 31.9 Å². The molecule has 0 aromatic heterocycles. The van der Waals surface area contributed by atoms with Crippen LogP contribution in [0.15, 0.2) is 169 Å². The summed E-state index contributed by atoms with van der Waals surface area (Å²) < 4.78 is 94.7. The summed E-state index contributed by atoms with van der Waals surface area (Å²) in [4.78, 5) is 117. The summed E-state index contributed by atoms with van der Waals surface area (Å²) >= 11 is 6.47. The molecule has 0 fully saturated rings. The molecular formula is C81H106Br2N10O26S2. The molecule has 4 amide bonds. The minimum absolute atomic E-state index is 0.00166. The Balaban J connectivity index is 0.000000393. The zero-order valence-electron chi connectivity index (χ0n) is 69.1. The molecule has 36 nitrogen and oxygen atoms in total. The van der Waals surface area contributed by atoms with Gasteiger partial charge in [-0.15, -0.1) is 0 Å². The summed E-state index contributed by atoms with van der Waals surface area (Å²) in [7, 11) is -3.94. The van der Waals surface area contributed by atoms with Crippen molar-refractivity contribution in [1.29, 1.82) is 0 Å². The minimum Gasteiger partial charge on any atom is -0.480 e. The van der Waals surface area contributed by atoms with Crippen molar-refractivity contribution in [1.82, 2.24) is 30.7 Å². The smallest absolute Gasteiger partial charge is 0.408 e. The average Bonchev–Trinajstić information content (AvgIpc) is 1.62. The number of benzene rings is 6. The second-order valence-corrected chi connectivity index (χ2v) is 34.4. The summed E-state index contributed by atoms with van der Waals surface area (Å²) in [6.45, 7) is 16.7. The van der Waals surface area contributed by atoms with Gasteiger partial charge in [0.15, 0.2) is 0 Å². The largest absolute Gasteiger partial charge is 0.480 e. The Bertz CT molecular complexity index is 4620. The van der Waals surface area contributed by atoms with Crippen molar-refractivity contribution in [2.75, 3.05) is 67.4 Å². The van der Waals surface area contributed by atoms with Gasteiger partial charge in [-0.2, -0.15) is 0 Å². The highest BCUT2D eigenvalue weighted by Gasteiger charge is 2.33. The number of carboxylic acid groups (broad SMARTS) is 2. The third-order valence-corrected chi connectivity index (χ3v) is 20.3. The van der Waals surface area contributed by atoms with Gasteiger partial charge in [-0.1, -0.05) is 134 Å². The molecule has 2 aliphatic rings. The highest BCUT2D eigenvalue weighted by Crippen LogP contribution is 2.46. The number of alkyl carbamates (subject to hydrolysis) is 4. The van der Waals surface area contributed by atoms with Gasteiger partial charge in [0.1, 0.15) is 60.2 Å². The van der Waals surface area contributed by atoms with Gasteiger partial charge in [0.25, 0.3) is 0 Å². The lowest BCUT2D eigenvalue weighted by Crippen LogP contribution is -2.45. The van der Waals surface area contributed by atoms with E-state index >= 15 is 0 Å². The van der Waals surface area contributed by atoms with Crippen molar-refractivity contribution in [3.8, 4) is 22.3 Å². The molecule has 662 valence electrons. The fourth-order valence-corrected chi connectivity index (χ4v) is 13.5. The number of fused-ring (bicyclic) bond motifs is 6. The Kier molecular flexibility index (Phi) is 44.1. The van der Waals surface area contributed by atoms with E-state index in [1.54, 1.807) is 86.6 Å². The monoisotopic (exact) mass is 1860 g/mol. The number of carboxylic acids is 2. The summed E-state index contributed by atoms with van der Waals surface area (Å²) in [5.74, 6) is -4.50. The number of esters is 4. The van der Waals surface area contributed by atoms with Crippen LogP contribution in [0.1, 0.15) is 135 Å². The molecule has 0 saturated carbocycles. The summed E-state index contributed by atoms with van der Waals surface area (Å²) in [6.07, 6.45) is -2.90. The third-order valence-electron chi connectivity index (χ3n) is 16.3. The number of amides is 4. The molecule has 6 aromatic rings. The van der Waals surface area contributed by atoms with Crippen molar-refractivity contribution in [2.45, 2.75) is 170 Å². The van der Waals surface area contributed by atoms with E-state index in [4.69, 9.17) is 50.3 Å². The second-order valence-electron chi connectivity index (χ2n) is 29.0. The number of ether oxygens (including phenoxy) is 8. The normalized spacial score (nSPS) is 13.0. The molecule has 8 rings (SSSR count). The standard InChI is InChI=1S/C25H23BrN2O6S.C16H23BrN2O6S.C16H14O2.C10H18N4O4.C10H19NO5.C4H9NO3/c26-16-9-11-17(12-10-16)35(32,33)27-14-13-23(24(29)30)28-25(31)34-15-22-20-7-3-1-5-18(20)19-6-2-4-8-21(19)22;1-16(2,3)25-15(21)19-13(14(20)24-4)9-10-18-26(22,23)12-7-5-11(17)6-8-12;1-11(17)18-10-16-14-8-4-2-6-12(14)13-7-3-5-9-15(13)16;1-10(2,3)18-9(16)13-7(8(15)17-4)5-6-12-14-11;1-10(2,3)16-9(14)11-7(5-6-12)8(13)15-4;5-3(1-2-6)4(7)8/h1-12,22-23,27H,13-15H2,(H,28,31)(H,29,30);5-8,13,18H,9-10H2,1-4H3,(H,19,21);2-9,16H,10H2,1H3;7H,5-6H2,1-4H3,(H,13,16);7,12H,5-6H2,1-4H3,(H,11,14);3,6H,1-2,5H2,(H,7,8)/t23-;13-;;2*7-;3-/m00.000/s1. The maximum atomic E-state index is 12.4. The van der Waals surface area contributed by atoms with Gasteiger partial charge in [-0.05, 0) is 187 Å². The predicted molar refractivity (Wildman–Crippen MR) is 451 cm³/mol. The van der Waals surface area contributed by atoms with E-state index in [0.29, 0.717) is 6.61 Å². The molecule has 0 heterocycles. The van der Waals surface area contributed by atoms with Gasteiger partial charge >= 0.3 is 60.2 Å². The third kappa shape index (κ3) is 38.2. The number of carbonyl (C=O) groups is 10. The molecule has 121 heavy (non-hydrogen) atoms. The Morgan fingerprint density at radius 2 is 0.760 bits per heavy atom. The molecule has 0 bridgehead atoms. The van der Waals surface area contributed by atoms with E-state index in [1.807, 2.05) is 72.8 Å². The zero-order chi connectivity index (χ0) is 91.0. The molecule has 0 unspecified atom stereocenters. The van der Waals surface area contributed by atoms with Crippen LogP contribution < -0.4 is 36.4 Å². The predicted octanol–water partition coefficient (Wildman–Crippen LogP) is 10.6. The highest BCUT2D eigenvalue weighted by atomic mass is 79.9. The first-order valence-corrected chi connectivity index (χ1v) is 41.9. The van der Waals surface area contributed by atoms with E-state index in [1.165, 1.54) is 74.8 Å². The molecule has 2 aliphatic carbocycles. The van der Waals surface area contributed by atoms with Crippen molar-refractivity contribution in [2.24, 2.45) is 10.8 Å². The lowest BCUT2D eigenvalue weighted by molar-refractivity contribution is -0.144. The van der Waals surface area contributed by atoms with E-state index in [2.05, 4.69) is 111 Å². The number of nitrogens with zero attached hydrogens (tertiary/aromatic N) is 3. The summed E-state index contributed by atoms with van der Waals surface area (Å²) in [6, 6.07) is 39.5. The number of azide groups is 1. The number of aliphatic hydroxyl groups is 2. The molecule has 6 aromatic carbocycles. The van der Waals surface area contributed by atoms with Crippen LogP contribution in [0.3, 0.4) is 0 Å². The maximum Gasteiger partial charge on any atom is 0.408 e. The number of aliphatic hydroxyl groups excluding tert-OH is 2. The molecule has 0 saturated heterocycles. The van der Waals surface area contributed by atoms with Crippen LogP contribution in [-0.2, 0) is 86.7 Å². The van der Waals surface area contributed by atoms with Crippen LogP contribution in [0.4, 0.5) is 19.2 Å². The van der Waals surface area contributed by atoms with Crippen molar-refractivity contribution < 1.29 is 123 Å².